The van der Waals surface area contributed by atoms with Gasteiger partial charge in [0, 0.05) is 68.0 Å². The Morgan fingerprint density at radius 1 is 0.855 bits per heavy atom. The lowest BCUT2D eigenvalue weighted by atomic mass is 9.95. The molecule has 55 heavy (non-hydrogen) atoms. The van der Waals surface area contributed by atoms with Crippen molar-refractivity contribution >= 4 is 50.6 Å². The van der Waals surface area contributed by atoms with Crippen molar-refractivity contribution in [3.8, 4) is 27.7 Å². The minimum atomic E-state index is -0.640. The number of hydrogen-bond donors (Lipinski definition) is 2. The molecular weight excluding hydrogens is 720 g/mol. The highest BCUT2D eigenvalue weighted by molar-refractivity contribution is 7.22. The Bertz CT molecular complexity index is 2260. The average molecular weight is 761 g/mol. The molecule has 11 nitrogen and oxygen atoms in total. The van der Waals surface area contributed by atoms with Crippen LogP contribution in [0, 0.1) is 11.7 Å². The second kappa shape index (κ2) is 14.6. The van der Waals surface area contributed by atoms with Gasteiger partial charge in [0.1, 0.15) is 29.2 Å². The first-order valence-electron chi connectivity index (χ1n) is 18.9. The normalized spacial score (nSPS) is 19.6. The third kappa shape index (κ3) is 7.09. The number of aromatic hydroxyl groups is 1. The Labute approximate surface area is 321 Å². The molecular formula is C42H41FN6O5S. The lowest BCUT2D eigenvalue weighted by molar-refractivity contribution is -0.136. The second-order valence-electron chi connectivity index (χ2n) is 14.8. The number of phenolic OH excluding ortho intramolecular Hbond substituents is 1. The van der Waals surface area contributed by atoms with Gasteiger partial charge in [0.15, 0.2) is 5.75 Å². The number of carbonyl (C=O) groups is 3. The van der Waals surface area contributed by atoms with Crippen LogP contribution in [0.15, 0.2) is 78.9 Å². The number of rotatable bonds is 8. The molecule has 282 valence electrons. The number of piperazine rings is 1. The third-order valence-corrected chi connectivity index (χ3v) is 12.5. The first kappa shape index (κ1) is 35.2. The van der Waals surface area contributed by atoms with Crippen molar-refractivity contribution in [3.05, 3.63) is 95.9 Å². The molecule has 0 saturated carbocycles. The number of pyridine rings is 1. The van der Waals surface area contributed by atoms with Gasteiger partial charge >= 0.3 is 0 Å². The summed E-state index contributed by atoms with van der Waals surface area (Å²) in [6.07, 6.45) is 2.82. The molecule has 3 saturated heterocycles. The van der Waals surface area contributed by atoms with E-state index in [2.05, 4.69) is 32.1 Å². The van der Waals surface area contributed by atoms with Gasteiger partial charge in [-0.05, 0) is 97.5 Å². The summed E-state index contributed by atoms with van der Waals surface area (Å²) in [4.78, 5) is 51.7. The summed E-state index contributed by atoms with van der Waals surface area (Å²) in [5.41, 5.74) is 3.25. The number of fused-ring (bicyclic) bond motifs is 2. The predicted molar refractivity (Wildman–Crippen MR) is 209 cm³/mol. The molecule has 0 bridgehead atoms. The number of nitrogens with zero attached hydrogens (tertiary/aromatic N) is 5. The van der Waals surface area contributed by atoms with E-state index in [1.54, 1.807) is 29.2 Å². The molecule has 4 aliphatic heterocycles. The summed E-state index contributed by atoms with van der Waals surface area (Å²) in [7, 11) is 0. The Morgan fingerprint density at radius 3 is 2.36 bits per heavy atom. The number of piperidine rings is 2. The molecule has 3 aromatic carbocycles. The van der Waals surface area contributed by atoms with Gasteiger partial charge in [-0.1, -0.05) is 12.1 Å². The highest BCUT2D eigenvalue weighted by Gasteiger charge is 2.40. The number of ether oxygens (including phenoxy) is 1. The van der Waals surface area contributed by atoms with Crippen molar-refractivity contribution in [1.29, 1.82) is 0 Å². The zero-order valence-electron chi connectivity index (χ0n) is 30.2. The van der Waals surface area contributed by atoms with Crippen LogP contribution in [-0.4, -0.2) is 89.5 Å². The molecule has 1 unspecified atom stereocenters. The molecule has 1 atom stereocenters. The lowest BCUT2D eigenvalue weighted by Gasteiger charge is -2.39. The fourth-order valence-electron chi connectivity index (χ4n) is 8.30. The molecule has 9 rings (SSSR count). The van der Waals surface area contributed by atoms with E-state index in [1.807, 2.05) is 30.3 Å². The zero-order chi connectivity index (χ0) is 37.6. The number of phenols is 1. The van der Waals surface area contributed by atoms with Gasteiger partial charge in [0.25, 0.3) is 5.91 Å². The van der Waals surface area contributed by atoms with Crippen molar-refractivity contribution in [1.82, 2.24) is 20.1 Å². The topological polar surface area (TPSA) is 119 Å². The minimum Gasteiger partial charge on any atom is -0.508 e. The molecule has 4 aliphatic rings. The number of thiophene rings is 1. The highest BCUT2D eigenvalue weighted by Crippen LogP contribution is 2.47. The Kier molecular flexibility index (Phi) is 9.35. The fourth-order valence-corrected chi connectivity index (χ4v) is 9.46. The van der Waals surface area contributed by atoms with Crippen LogP contribution in [0.5, 0.6) is 17.2 Å². The molecule has 6 heterocycles. The first-order valence-corrected chi connectivity index (χ1v) is 19.7. The van der Waals surface area contributed by atoms with Crippen LogP contribution in [0.25, 0.3) is 20.5 Å². The number of benzene rings is 3. The largest absolute Gasteiger partial charge is 0.508 e. The molecule has 0 radical (unpaired) electrons. The molecule has 0 spiro atoms. The van der Waals surface area contributed by atoms with E-state index in [9.17, 15) is 23.9 Å². The van der Waals surface area contributed by atoms with Gasteiger partial charge in [-0.15, -0.1) is 11.3 Å². The summed E-state index contributed by atoms with van der Waals surface area (Å²) >= 11 is 1.51. The molecule has 2 N–H and O–H groups in total. The SMILES string of the molecule is O=C1CCC(N2Cc3nc(N4CCN(CC5CCN(c6ccc(Oc7c(-c8ccc(F)cc8)sc8cc(O)ccc78)cc6)CC5)CC4)ccc3C2=O)C(=O)N1. The Hall–Kier alpha value is -5.53. The number of nitrogens with one attached hydrogen (secondary N) is 1. The van der Waals surface area contributed by atoms with Crippen molar-refractivity contribution < 1.29 is 28.6 Å². The number of imide groups is 1. The molecule has 5 aromatic rings. The number of aromatic nitrogens is 1. The zero-order valence-corrected chi connectivity index (χ0v) is 31.1. The van der Waals surface area contributed by atoms with E-state index in [0.29, 0.717) is 35.1 Å². The Morgan fingerprint density at radius 2 is 1.62 bits per heavy atom. The quantitative estimate of drug-likeness (QED) is 0.173. The van der Waals surface area contributed by atoms with Crippen LogP contribution >= 0.6 is 11.3 Å². The van der Waals surface area contributed by atoms with Crippen molar-refractivity contribution in [2.24, 2.45) is 5.92 Å². The van der Waals surface area contributed by atoms with Crippen LogP contribution in [0.2, 0.25) is 0 Å². The molecule has 13 heteroatoms. The fraction of sp³-hybridized carbons (Fsp3) is 0.333. The van der Waals surface area contributed by atoms with E-state index < -0.39 is 11.9 Å². The highest BCUT2D eigenvalue weighted by atomic mass is 32.1. The predicted octanol–water partition coefficient (Wildman–Crippen LogP) is 6.40. The summed E-state index contributed by atoms with van der Waals surface area (Å²) in [5, 5.41) is 13.3. The van der Waals surface area contributed by atoms with Crippen molar-refractivity contribution in [2.75, 3.05) is 55.6 Å². The summed E-state index contributed by atoms with van der Waals surface area (Å²) < 4.78 is 21.1. The maximum absolute atomic E-state index is 13.7. The Balaban J connectivity index is 0.769. The van der Waals surface area contributed by atoms with E-state index in [1.165, 1.54) is 29.2 Å². The number of hydrogen-bond acceptors (Lipinski definition) is 10. The average Bonchev–Trinajstić information content (AvgIpc) is 3.71. The van der Waals surface area contributed by atoms with Gasteiger partial charge in [0.2, 0.25) is 11.8 Å². The van der Waals surface area contributed by atoms with E-state index in [4.69, 9.17) is 9.72 Å². The lowest BCUT2D eigenvalue weighted by Crippen LogP contribution is -2.52. The maximum Gasteiger partial charge on any atom is 0.256 e. The monoisotopic (exact) mass is 760 g/mol. The van der Waals surface area contributed by atoms with E-state index in [-0.39, 0.29) is 36.3 Å². The molecule has 3 fully saturated rings. The van der Waals surface area contributed by atoms with Crippen LogP contribution in [-0.2, 0) is 16.1 Å². The van der Waals surface area contributed by atoms with Crippen molar-refractivity contribution in [2.45, 2.75) is 38.3 Å². The summed E-state index contributed by atoms with van der Waals surface area (Å²) in [6, 6.07) is 23.0. The van der Waals surface area contributed by atoms with Crippen LogP contribution in [0.3, 0.4) is 0 Å². The molecule has 0 aliphatic carbocycles. The smallest absolute Gasteiger partial charge is 0.256 e. The van der Waals surface area contributed by atoms with E-state index >= 15 is 0 Å². The van der Waals surface area contributed by atoms with Crippen LogP contribution < -0.4 is 19.9 Å². The number of anilines is 2. The minimum absolute atomic E-state index is 0.189. The summed E-state index contributed by atoms with van der Waals surface area (Å²) in [5.74, 6) is 1.89. The van der Waals surface area contributed by atoms with E-state index in [0.717, 1.165) is 85.0 Å². The second-order valence-corrected chi connectivity index (χ2v) is 15.9. The van der Waals surface area contributed by atoms with Gasteiger partial charge in [0.05, 0.1) is 22.7 Å². The maximum atomic E-state index is 13.7. The van der Waals surface area contributed by atoms with Crippen LogP contribution in [0.1, 0.15) is 41.7 Å². The van der Waals surface area contributed by atoms with Gasteiger partial charge in [-0.25, -0.2) is 9.37 Å². The number of amides is 3. The molecule has 2 aromatic heterocycles. The molecule has 3 amide bonds. The standard InChI is InChI=1S/C42H41FN6O5S/c43-28-3-1-27(2-4-28)40-39(33-10-7-30(50)23-36(33)55-40)54-31-8-5-29(6-9-31)47-17-15-26(16-18-47)24-46-19-21-48(22-20-46)37-13-11-32-34(44-37)25-49(42(32)53)35-12-14-38(51)45-41(35)52/h1-11,13,23,26,35,50H,12,14-22,24-25H2,(H,45,51,52). The first-order chi connectivity index (χ1) is 26.8. The van der Waals surface area contributed by atoms with Crippen molar-refractivity contribution in [3.63, 3.8) is 0 Å². The van der Waals surface area contributed by atoms with Gasteiger partial charge in [-0.3, -0.25) is 24.6 Å². The van der Waals surface area contributed by atoms with Gasteiger partial charge in [-0.2, -0.15) is 0 Å². The summed E-state index contributed by atoms with van der Waals surface area (Å²) in [6.45, 7) is 6.96. The van der Waals surface area contributed by atoms with Crippen LogP contribution in [0.4, 0.5) is 15.9 Å². The van der Waals surface area contributed by atoms with Gasteiger partial charge < -0.3 is 24.5 Å². The third-order valence-electron chi connectivity index (χ3n) is 11.3. The number of halogens is 1. The number of carbonyl (C=O) groups excluding carboxylic acids is 3.